The van der Waals surface area contributed by atoms with Crippen molar-refractivity contribution in [3.8, 4) is 11.1 Å². The monoisotopic (exact) mass is 617 g/mol. The molecular formula is C43H27N3O2. The van der Waals surface area contributed by atoms with Crippen LogP contribution in [0.5, 0.6) is 0 Å². The molecule has 5 nitrogen and oxygen atoms in total. The summed E-state index contributed by atoms with van der Waals surface area (Å²) in [6, 6.07) is 52.1. The highest BCUT2D eigenvalue weighted by molar-refractivity contribution is 6.25. The third-order valence-corrected chi connectivity index (χ3v) is 9.35. The number of aliphatic imine (C=N–C) groups is 2. The summed E-state index contributed by atoms with van der Waals surface area (Å²) >= 11 is 0. The number of benzene rings is 7. The fourth-order valence-electron chi connectivity index (χ4n) is 7.09. The van der Waals surface area contributed by atoms with Gasteiger partial charge in [0.05, 0.1) is 0 Å². The molecule has 1 unspecified atom stereocenters. The molecule has 0 saturated carbocycles. The number of hydrogen-bond donors (Lipinski definition) is 1. The molecule has 0 aliphatic carbocycles. The van der Waals surface area contributed by atoms with Crippen LogP contribution in [0.15, 0.2) is 170 Å². The molecule has 48 heavy (non-hydrogen) atoms. The van der Waals surface area contributed by atoms with Gasteiger partial charge in [-0.1, -0.05) is 121 Å². The number of fused-ring (bicyclic) bond motifs is 7. The molecule has 0 spiro atoms. The van der Waals surface area contributed by atoms with Crippen LogP contribution in [-0.4, -0.2) is 11.7 Å². The maximum absolute atomic E-state index is 6.52. The molecule has 226 valence electrons. The van der Waals surface area contributed by atoms with Crippen molar-refractivity contribution in [1.82, 2.24) is 5.32 Å². The number of rotatable bonds is 4. The normalized spacial score (nSPS) is 14.9. The molecular weight excluding hydrogens is 590 g/mol. The number of para-hydroxylation sites is 3. The minimum absolute atomic E-state index is 0.472. The van der Waals surface area contributed by atoms with E-state index in [1.807, 2.05) is 36.4 Å². The fraction of sp³-hybridized carbons (Fsp3) is 0.0233. The minimum atomic E-state index is -0.472. The van der Waals surface area contributed by atoms with Gasteiger partial charge in [-0.2, -0.15) is 0 Å². The summed E-state index contributed by atoms with van der Waals surface area (Å²) in [6.45, 7) is 0. The number of nitrogens with one attached hydrogen (secondary N) is 1. The van der Waals surface area contributed by atoms with E-state index in [2.05, 4.69) is 121 Å². The zero-order valence-electron chi connectivity index (χ0n) is 25.7. The molecule has 7 aromatic carbocycles. The number of furan rings is 2. The summed E-state index contributed by atoms with van der Waals surface area (Å²) in [4.78, 5) is 10.8. The van der Waals surface area contributed by atoms with Gasteiger partial charge in [-0.15, -0.1) is 0 Å². The lowest BCUT2D eigenvalue weighted by Crippen LogP contribution is -2.33. The molecule has 0 saturated heterocycles. The highest BCUT2D eigenvalue weighted by Gasteiger charge is 2.28. The van der Waals surface area contributed by atoms with Gasteiger partial charge in [0, 0.05) is 38.2 Å². The summed E-state index contributed by atoms with van der Waals surface area (Å²) in [5.74, 6) is 1.37. The van der Waals surface area contributed by atoms with Gasteiger partial charge in [0.2, 0.25) is 0 Å². The van der Waals surface area contributed by atoms with Crippen molar-refractivity contribution < 1.29 is 8.83 Å². The van der Waals surface area contributed by atoms with Crippen molar-refractivity contribution in [2.75, 3.05) is 0 Å². The van der Waals surface area contributed by atoms with Gasteiger partial charge < -0.3 is 14.2 Å². The van der Waals surface area contributed by atoms with Gasteiger partial charge in [0.15, 0.2) is 12.0 Å². The van der Waals surface area contributed by atoms with Crippen molar-refractivity contribution in [3.63, 3.8) is 0 Å². The van der Waals surface area contributed by atoms with E-state index in [0.29, 0.717) is 5.84 Å². The Morgan fingerprint density at radius 3 is 2.12 bits per heavy atom. The van der Waals surface area contributed by atoms with Crippen LogP contribution < -0.4 is 5.32 Å². The van der Waals surface area contributed by atoms with Gasteiger partial charge in [-0.05, 0) is 52.2 Å². The van der Waals surface area contributed by atoms with Crippen LogP contribution in [-0.2, 0) is 0 Å². The van der Waals surface area contributed by atoms with E-state index >= 15 is 0 Å². The van der Waals surface area contributed by atoms with Gasteiger partial charge in [0.25, 0.3) is 0 Å². The highest BCUT2D eigenvalue weighted by Crippen LogP contribution is 2.40. The van der Waals surface area contributed by atoms with E-state index in [0.717, 1.165) is 82.9 Å². The quantitative estimate of drug-likeness (QED) is 0.214. The molecule has 0 bridgehead atoms. The number of nitrogens with zero attached hydrogens (tertiary/aromatic N) is 2. The standard InChI is InChI=1S/C43H27N3O2/c1-2-12-27(13-3-1)30-23-24-37-38(33-16-7-9-20-36(33)47-37)39(30)43-45-41(29-22-21-26-11-4-5-14-28(26)25-29)44-42(46-43)34-18-10-17-32-31-15-6-8-19-35(31)48-40(32)34/h1-25,42H,(H,44,45,46). The van der Waals surface area contributed by atoms with Gasteiger partial charge in [0.1, 0.15) is 28.2 Å². The summed E-state index contributed by atoms with van der Waals surface area (Å²) in [5, 5.41) is 10.2. The first-order valence-electron chi connectivity index (χ1n) is 16.1. The summed E-state index contributed by atoms with van der Waals surface area (Å²) in [6.07, 6.45) is -0.472. The molecule has 0 fully saturated rings. The van der Waals surface area contributed by atoms with Crippen LogP contribution in [0.25, 0.3) is 65.8 Å². The molecule has 1 aliphatic rings. The Morgan fingerprint density at radius 1 is 0.521 bits per heavy atom. The largest absolute Gasteiger partial charge is 0.456 e. The van der Waals surface area contributed by atoms with Crippen LogP contribution in [0.2, 0.25) is 0 Å². The highest BCUT2D eigenvalue weighted by atomic mass is 16.3. The predicted octanol–water partition coefficient (Wildman–Crippen LogP) is 10.8. The Bertz CT molecular complexity index is 2770. The van der Waals surface area contributed by atoms with Crippen molar-refractivity contribution in [2.45, 2.75) is 6.17 Å². The zero-order valence-corrected chi connectivity index (χ0v) is 25.7. The molecule has 9 aromatic rings. The second-order valence-electron chi connectivity index (χ2n) is 12.2. The van der Waals surface area contributed by atoms with Crippen LogP contribution in [0.4, 0.5) is 0 Å². The Morgan fingerprint density at radius 2 is 1.25 bits per heavy atom. The van der Waals surface area contributed by atoms with E-state index in [1.165, 1.54) is 5.39 Å². The Hall–Kier alpha value is -6.46. The fourth-order valence-corrected chi connectivity index (χ4v) is 7.09. The predicted molar refractivity (Wildman–Crippen MR) is 196 cm³/mol. The molecule has 2 aromatic heterocycles. The maximum Gasteiger partial charge on any atom is 0.160 e. The molecule has 5 heteroatoms. The smallest absolute Gasteiger partial charge is 0.160 e. The molecule has 10 rings (SSSR count). The van der Waals surface area contributed by atoms with E-state index in [1.54, 1.807) is 0 Å². The second kappa shape index (κ2) is 10.5. The van der Waals surface area contributed by atoms with Crippen molar-refractivity contribution >= 4 is 66.3 Å². The van der Waals surface area contributed by atoms with Crippen LogP contribution in [0.3, 0.4) is 0 Å². The summed E-state index contributed by atoms with van der Waals surface area (Å²) in [5.41, 5.74) is 8.27. The van der Waals surface area contributed by atoms with Crippen LogP contribution in [0.1, 0.15) is 22.9 Å². The molecule has 0 radical (unpaired) electrons. The summed E-state index contributed by atoms with van der Waals surface area (Å²) < 4.78 is 12.9. The zero-order chi connectivity index (χ0) is 31.6. The van der Waals surface area contributed by atoms with Gasteiger partial charge >= 0.3 is 0 Å². The van der Waals surface area contributed by atoms with E-state index in [-0.39, 0.29) is 0 Å². The number of amidine groups is 2. The SMILES string of the molecule is c1ccc(-c2ccc3oc4ccccc4c3c2C2=NC(c3cccc4c3oc3ccccc34)NC(c3ccc4ccccc4c3)=N2)cc1. The average molecular weight is 618 g/mol. The average Bonchev–Trinajstić information content (AvgIpc) is 3.73. The van der Waals surface area contributed by atoms with Crippen molar-refractivity contribution in [3.05, 3.63) is 168 Å². The Labute approximate surface area is 275 Å². The maximum atomic E-state index is 6.52. The Kier molecular flexibility index (Phi) is 5.87. The van der Waals surface area contributed by atoms with Gasteiger partial charge in [-0.3, -0.25) is 0 Å². The molecule has 1 N–H and O–H groups in total. The second-order valence-corrected chi connectivity index (χ2v) is 12.2. The lowest BCUT2D eigenvalue weighted by atomic mass is 9.94. The lowest BCUT2D eigenvalue weighted by Gasteiger charge is -2.25. The minimum Gasteiger partial charge on any atom is -0.456 e. The van der Waals surface area contributed by atoms with E-state index < -0.39 is 6.17 Å². The lowest BCUT2D eigenvalue weighted by molar-refractivity contribution is 0.628. The third-order valence-electron chi connectivity index (χ3n) is 9.35. The van der Waals surface area contributed by atoms with E-state index in [9.17, 15) is 0 Å². The third kappa shape index (κ3) is 4.18. The summed E-state index contributed by atoms with van der Waals surface area (Å²) in [7, 11) is 0. The molecule has 3 heterocycles. The topological polar surface area (TPSA) is 63.0 Å². The van der Waals surface area contributed by atoms with Crippen molar-refractivity contribution in [1.29, 1.82) is 0 Å². The van der Waals surface area contributed by atoms with Crippen molar-refractivity contribution in [2.24, 2.45) is 9.98 Å². The molecule has 0 amide bonds. The van der Waals surface area contributed by atoms with Gasteiger partial charge in [-0.25, -0.2) is 9.98 Å². The number of hydrogen-bond acceptors (Lipinski definition) is 5. The van der Waals surface area contributed by atoms with Crippen LogP contribution >= 0.6 is 0 Å². The molecule has 1 atom stereocenters. The Balaban J connectivity index is 1.27. The first-order valence-corrected chi connectivity index (χ1v) is 16.1. The first-order chi connectivity index (χ1) is 23.8. The van der Waals surface area contributed by atoms with E-state index in [4.69, 9.17) is 18.8 Å². The first kappa shape index (κ1) is 26.7. The molecule has 1 aliphatic heterocycles. The van der Waals surface area contributed by atoms with Crippen LogP contribution in [0, 0.1) is 0 Å².